The average molecular weight is 346 g/mol. The molecule has 1 aromatic rings. The Morgan fingerprint density at radius 2 is 1.92 bits per heavy atom. The SMILES string of the molecule is COC(=O)C1=C(C)N(C2CC2)C(=O)N[C@@H]1c1cccc(OC)c1OC. The number of ether oxygens (including phenoxy) is 3. The Balaban J connectivity index is 2.14. The van der Waals surface area contributed by atoms with Crippen molar-refractivity contribution in [1.82, 2.24) is 10.2 Å². The smallest absolute Gasteiger partial charge is 0.337 e. The topological polar surface area (TPSA) is 77.1 Å². The van der Waals surface area contributed by atoms with Crippen LogP contribution < -0.4 is 14.8 Å². The van der Waals surface area contributed by atoms with Gasteiger partial charge in [0.1, 0.15) is 0 Å². The van der Waals surface area contributed by atoms with Gasteiger partial charge < -0.3 is 19.5 Å². The molecule has 1 heterocycles. The Morgan fingerprint density at radius 3 is 2.48 bits per heavy atom. The van der Waals surface area contributed by atoms with E-state index >= 15 is 0 Å². The lowest BCUT2D eigenvalue weighted by atomic mass is 9.93. The molecule has 1 aliphatic carbocycles. The van der Waals surface area contributed by atoms with Gasteiger partial charge in [0.15, 0.2) is 11.5 Å². The number of rotatable bonds is 5. The molecule has 0 radical (unpaired) electrons. The van der Waals surface area contributed by atoms with E-state index in [-0.39, 0.29) is 12.1 Å². The van der Waals surface area contributed by atoms with Gasteiger partial charge in [-0.3, -0.25) is 4.90 Å². The third-order valence-corrected chi connectivity index (χ3v) is 4.59. The van der Waals surface area contributed by atoms with Crippen molar-refractivity contribution >= 4 is 12.0 Å². The third kappa shape index (κ3) is 2.90. The van der Waals surface area contributed by atoms with E-state index in [0.29, 0.717) is 28.3 Å². The average Bonchev–Trinajstić information content (AvgIpc) is 3.44. The van der Waals surface area contributed by atoms with Crippen molar-refractivity contribution in [3.05, 3.63) is 35.0 Å². The zero-order valence-electron chi connectivity index (χ0n) is 14.8. The fourth-order valence-corrected chi connectivity index (χ4v) is 3.28. The molecule has 0 spiro atoms. The van der Waals surface area contributed by atoms with E-state index in [1.165, 1.54) is 21.3 Å². The van der Waals surface area contributed by atoms with Gasteiger partial charge in [-0.2, -0.15) is 0 Å². The lowest BCUT2D eigenvalue weighted by molar-refractivity contribution is -0.136. The molecule has 3 rings (SSSR count). The summed E-state index contributed by atoms with van der Waals surface area (Å²) in [5, 5.41) is 2.92. The van der Waals surface area contributed by atoms with Crippen LogP contribution >= 0.6 is 0 Å². The monoisotopic (exact) mass is 346 g/mol. The van der Waals surface area contributed by atoms with Crippen LogP contribution in [0.5, 0.6) is 11.5 Å². The molecule has 0 saturated heterocycles. The van der Waals surface area contributed by atoms with Crippen molar-refractivity contribution in [2.75, 3.05) is 21.3 Å². The number of amides is 2. The molecule has 1 fully saturated rings. The quantitative estimate of drug-likeness (QED) is 0.829. The van der Waals surface area contributed by atoms with Crippen LogP contribution in [0.1, 0.15) is 31.4 Å². The second kappa shape index (κ2) is 6.66. The van der Waals surface area contributed by atoms with Crippen LogP contribution in [-0.2, 0) is 9.53 Å². The molecule has 2 aliphatic rings. The summed E-state index contributed by atoms with van der Waals surface area (Å²) in [6, 6.07) is 4.61. The molecule has 1 saturated carbocycles. The minimum atomic E-state index is -0.667. The third-order valence-electron chi connectivity index (χ3n) is 4.59. The number of esters is 1. The number of hydrogen-bond acceptors (Lipinski definition) is 5. The van der Waals surface area contributed by atoms with E-state index in [9.17, 15) is 9.59 Å². The second-order valence-electron chi connectivity index (χ2n) is 6.06. The Labute approximate surface area is 146 Å². The molecule has 25 heavy (non-hydrogen) atoms. The fourth-order valence-electron chi connectivity index (χ4n) is 3.28. The van der Waals surface area contributed by atoms with Gasteiger partial charge in [0.25, 0.3) is 0 Å². The van der Waals surface area contributed by atoms with E-state index in [4.69, 9.17) is 14.2 Å². The molecular formula is C18H22N2O5. The first-order chi connectivity index (χ1) is 12.0. The van der Waals surface area contributed by atoms with Crippen LogP contribution in [0.3, 0.4) is 0 Å². The maximum Gasteiger partial charge on any atom is 0.337 e. The van der Waals surface area contributed by atoms with Crippen LogP contribution in [-0.4, -0.2) is 44.3 Å². The molecule has 7 nitrogen and oxygen atoms in total. The predicted molar refractivity (Wildman–Crippen MR) is 90.4 cm³/mol. The van der Waals surface area contributed by atoms with Crippen molar-refractivity contribution in [1.29, 1.82) is 0 Å². The van der Waals surface area contributed by atoms with Crippen LogP contribution in [0.25, 0.3) is 0 Å². The summed E-state index contributed by atoms with van der Waals surface area (Å²) in [5.74, 6) is 0.531. The molecular weight excluding hydrogens is 324 g/mol. The normalized spacial score (nSPS) is 20.2. The summed E-state index contributed by atoms with van der Waals surface area (Å²) in [6.45, 7) is 1.78. The number of carbonyl (C=O) groups is 2. The first-order valence-corrected chi connectivity index (χ1v) is 8.13. The fraction of sp³-hybridized carbons (Fsp3) is 0.444. The van der Waals surface area contributed by atoms with E-state index in [1.807, 2.05) is 0 Å². The lowest BCUT2D eigenvalue weighted by Gasteiger charge is -2.35. The zero-order chi connectivity index (χ0) is 18.1. The van der Waals surface area contributed by atoms with Gasteiger partial charge in [-0.25, -0.2) is 9.59 Å². The number of carbonyl (C=O) groups excluding carboxylic acids is 2. The summed E-state index contributed by atoms with van der Waals surface area (Å²) in [7, 11) is 4.40. The molecule has 1 atom stereocenters. The molecule has 134 valence electrons. The first kappa shape index (κ1) is 17.1. The van der Waals surface area contributed by atoms with Crippen molar-refractivity contribution in [3.8, 4) is 11.5 Å². The second-order valence-corrected chi connectivity index (χ2v) is 6.06. The Bertz CT molecular complexity index is 739. The molecule has 1 N–H and O–H groups in total. The Hall–Kier alpha value is -2.70. The highest BCUT2D eigenvalue weighted by Crippen LogP contribution is 2.42. The molecule has 1 aromatic carbocycles. The first-order valence-electron chi connectivity index (χ1n) is 8.13. The standard InChI is InChI=1S/C18H22N2O5/c1-10-14(17(21)25-4)15(19-18(22)20(10)11-8-9-11)12-6-5-7-13(23-2)16(12)24-3/h5-7,11,15H,8-9H2,1-4H3,(H,19,22)/t15-/m1/s1. The van der Waals surface area contributed by atoms with Gasteiger partial charge in [0.2, 0.25) is 0 Å². The molecule has 7 heteroatoms. The number of nitrogens with one attached hydrogen (secondary N) is 1. The number of methoxy groups -OCH3 is 3. The van der Waals surface area contributed by atoms with Crippen LogP contribution in [0.15, 0.2) is 29.5 Å². The van der Waals surface area contributed by atoms with Crippen molar-refractivity contribution in [2.24, 2.45) is 0 Å². The minimum absolute atomic E-state index is 0.146. The highest BCUT2D eigenvalue weighted by atomic mass is 16.5. The maximum atomic E-state index is 12.6. The van der Waals surface area contributed by atoms with Gasteiger partial charge >= 0.3 is 12.0 Å². The summed E-state index contributed by atoms with van der Waals surface area (Å²) >= 11 is 0. The summed E-state index contributed by atoms with van der Waals surface area (Å²) in [6.07, 6.45) is 1.87. The summed E-state index contributed by atoms with van der Waals surface area (Å²) < 4.78 is 15.8. The van der Waals surface area contributed by atoms with Gasteiger partial charge in [-0.1, -0.05) is 12.1 Å². The molecule has 0 unspecified atom stereocenters. The highest BCUT2D eigenvalue weighted by molar-refractivity contribution is 5.95. The Morgan fingerprint density at radius 1 is 1.20 bits per heavy atom. The van der Waals surface area contributed by atoms with Crippen molar-refractivity contribution < 1.29 is 23.8 Å². The number of nitrogens with zero attached hydrogens (tertiary/aromatic N) is 1. The van der Waals surface area contributed by atoms with E-state index in [2.05, 4.69) is 5.32 Å². The molecule has 2 amide bonds. The summed E-state index contributed by atoms with van der Waals surface area (Å²) in [5.41, 5.74) is 1.67. The minimum Gasteiger partial charge on any atom is -0.493 e. The number of benzene rings is 1. The van der Waals surface area contributed by atoms with Gasteiger partial charge in [0.05, 0.1) is 32.9 Å². The molecule has 1 aliphatic heterocycles. The molecule has 0 aromatic heterocycles. The highest BCUT2D eigenvalue weighted by Gasteiger charge is 2.43. The zero-order valence-corrected chi connectivity index (χ0v) is 14.8. The van der Waals surface area contributed by atoms with E-state index < -0.39 is 12.0 Å². The van der Waals surface area contributed by atoms with E-state index in [1.54, 1.807) is 30.0 Å². The molecule has 0 bridgehead atoms. The number of urea groups is 1. The van der Waals surface area contributed by atoms with Crippen molar-refractivity contribution in [3.63, 3.8) is 0 Å². The Kier molecular flexibility index (Phi) is 4.57. The van der Waals surface area contributed by atoms with E-state index in [0.717, 1.165) is 12.8 Å². The summed E-state index contributed by atoms with van der Waals surface area (Å²) in [4.78, 5) is 26.8. The lowest BCUT2D eigenvalue weighted by Crippen LogP contribution is -2.48. The van der Waals surface area contributed by atoms with Crippen molar-refractivity contribution in [2.45, 2.75) is 31.8 Å². The van der Waals surface area contributed by atoms with Crippen LogP contribution in [0, 0.1) is 0 Å². The largest absolute Gasteiger partial charge is 0.493 e. The van der Waals surface area contributed by atoms with Gasteiger partial charge in [0, 0.05) is 17.3 Å². The van der Waals surface area contributed by atoms with Crippen LogP contribution in [0.2, 0.25) is 0 Å². The van der Waals surface area contributed by atoms with Gasteiger partial charge in [-0.15, -0.1) is 0 Å². The number of para-hydroxylation sites is 1. The van der Waals surface area contributed by atoms with Gasteiger partial charge in [-0.05, 0) is 25.8 Å². The number of hydrogen-bond donors (Lipinski definition) is 1. The number of allylic oxidation sites excluding steroid dienone is 1. The predicted octanol–water partition coefficient (Wildman–Crippen LogP) is 2.38. The maximum absolute atomic E-state index is 12.6. The van der Waals surface area contributed by atoms with Crippen LogP contribution in [0.4, 0.5) is 4.79 Å².